The third-order valence-electron chi connectivity index (χ3n) is 2.17. The molecule has 1 heterocycles. The van der Waals surface area contributed by atoms with Gasteiger partial charge in [0.25, 0.3) is 0 Å². The third-order valence-corrected chi connectivity index (χ3v) is 2.17. The van der Waals surface area contributed by atoms with Crippen LogP contribution in [0.4, 0.5) is 13.2 Å². The minimum atomic E-state index is -5.19. The molecule has 0 spiro atoms. The molecule has 0 aromatic heterocycles. The van der Waals surface area contributed by atoms with Crippen LogP contribution in [0.3, 0.4) is 0 Å². The van der Waals surface area contributed by atoms with Crippen LogP contribution >= 0.6 is 0 Å². The average Bonchev–Trinajstić information content (AvgIpc) is 2.69. The number of aliphatic carboxylic acids is 1. The van der Waals surface area contributed by atoms with Gasteiger partial charge in [0.1, 0.15) is 5.97 Å². The van der Waals surface area contributed by atoms with Crippen LogP contribution < -0.4 is 10.4 Å². The van der Waals surface area contributed by atoms with E-state index in [2.05, 4.69) is 10.1 Å². The predicted octanol–water partition coefficient (Wildman–Crippen LogP) is -1.43. The predicted molar refractivity (Wildman–Crippen MR) is 47.5 cm³/mol. The molecule has 100 valence electrons. The van der Waals surface area contributed by atoms with E-state index < -0.39 is 12.1 Å². The first-order valence-electron chi connectivity index (χ1n) is 4.95. The normalized spacial score (nSPS) is 19.2. The van der Waals surface area contributed by atoms with Gasteiger partial charge in [-0.15, -0.1) is 0 Å². The van der Waals surface area contributed by atoms with Crippen molar-refractivity contribution in [3.63, 3.8) is 0 Å². The number of nitrogens with two attached hydrogens (primary N) is 1. The Hall–Kier alpha value is -1.31. The summed E-state index contributed by atoms with van der Waals surface area (Å²) in [6.07, 6.45) is -2.22. The molecule has 5 nitrogen and oxygen atoms in total. The third kappa shape index (κ3) is 7.56. The number of alkyl halides is 3. The molecule has 0 saturated carbocycles. The van der Waals surface area contributed by atoms with Crippen LogP contribution in [0, 0.1) is 0 Å². The highest BCUT2D eigenvalue weighted by Gasteiger charge is 2.28. The van der Waals surface area contributed by atoms with E-state index in [0.29, 0.717) is 12.5 Å². The zero-order chi connectivity index (χ0) is 13.5. The van der Waals surface area contributed by atoms with Gasteiger partial charge in [0, 0.05) is 12.8 Å². The number of rotatable bonds is 2. The van der Waals surface area contributed by atoms with E-state index in [9.17, 15) is 18.0 Å². The highest BCUT2D eigenvalue weighted by atomic mass is 19.4. The van der Waals surface area contributed by atoms with E-state index in [-0.39, 0.29) is 5.97 Å². The quantitative estimate of drug-likeness (QED) is 0.615. The molecule has 0 aromatic carbocycles. The summed E-state index contributed by atoms with van der Waals surface area (Å²) in [6.45, 7) is 1.17. The number of methoxy groups -OCH3 is 1. The molecule has 17 heavy (non-hydrogen) atoms. The molecule has 0 aliphatic carbocycles. The Morgan fingerprint density at radius 2 is 2.00 bits per heavy atom. The number of halogens is 3. The van der Waals surface area contributed by atoms with Crippen molar-refractivity contribution in [2.45, 2.75) is 31.5 Å². The molecule has 0 amide bonds. The summed E-state index contributed by atoms with van der Waals surface area (Å²) in [5.74, 6) is -3.09. The van der Waals surface area contributed by atoms with Crippen molar-refractivity contribution >= 4 is 11.9 Å². The monoisotopic (exact) mass is 257 g/mol. The maximum Gasteiger partial charge on any atom is 0.430 e. The van der Waals surface area contributed by atoms with Crippen LogP contribution in [-0.4, -0.2) is 37.8 Å². The molecule has 2 N–H and O–H groups in total. The maximum atomic E-state index is 10.7. The first-order chi connectivity index (χ1) is 7.77. The van der Waals surface area contributed by atoms with Gasteiger partial charge in [0.15, 0.2) is 0 Å². The van der Waals surface area contributed by atoms with E-state index in [4.69, 9.17) is 9.90 Å². The largest absolute Gasteiger partial charge is 0.542 e. The lowest BCUT2D eigenvalue weighted by atomic mass is 10.2. The first kappa shape index (κ1) is 15.7. The molecule has 0 bridgehead atoms. The van der Waals surface area contributed by atoms with Crippen molar-refractivity contribution in [1.29, 1.82) is 0 Å². The summed E-state index contributed by atoms with van der Waals surface area (Å²) in [7, 11) is 1.44. The van der Waals surface area contributed by atoms with Crippen LogP contribution in [0.15, 0.2) is 0 Å². The second-order valence-electron chi connectivity index (χ2n) is 3.49. The first-order valence-corrected chi connectivity index (χ1v) is 4.95. The zero-order valence-corrected chi connectivity index (χ0v) is 9.25. The van der Waals surface area contributed by atoms with Gasteiger partial charge < -0.3 is 20.0 Å². The number of hydrogen-bond acceptors (Lipinski definition) is 4. The van der Waals surface area contributed by atoms with E-state index in [0.717, 1.165) is 6.42 Å². The molecule has 1 aliphatic heterocycles. The molecule has 0 aromatic rings. The van der Waals surface area contributed by atoms with Crippen molar-refractivity contribution in [2.24, 2.45) is 0 Å². The number of carboxylic acid groups (broad SMARTS) is 1. The SMILES string of the molecule is COC(=O)C[C@@H]1CCC[NH2+]1.O=C([O-])C(F)(F)F. The minimum Gasteiger partial charge on any atom is -0.542 e. The van der Waals surface area contributed by atoms with Gasteiger partial charge in [-0.05, 0) is 0 Å². The molecule has 1 saturated heterocycles. The fourth-order valence-electron chi connectivity index (χ4n) is 1.33. The van der Waals surface area contributed by atoms with Gasteiger partial charge in [0.2, 0.25) is 0 Å². The number of quaternary nitrogens is 1. The van der Waals surface area contributed by atoms with Crippen molar-refractivity contribution in [2.75, 3.05) is 13.7 Å². The number of ether oxygens (including phenoxy) is 1. The Bertz CT molecular complexity index is 261. The number of esters is 1. The Morgan fingerprint density at radius 3 is 2.29 bits per heavy atom. The van der Waals surface area contributed by atoms with Gasteiger partial charge in [-0.25, -0.2) is 0 Å². The van der Waals surface area contributed by atoms with Gasteiger partial charge >= 0.3 is 12.1 Å². The highest BCUT2D eigenvalue weighted by molar-refractivity contribution is 5.70. The lowest BCUT2D eigenvalue weighted by Gasteiger charge is -2.03. The Kier molecular flexibility index (Phi) is 6.55. The zero-order valence-electron chi connectivity index (χ0n) is 9.25. The van der Waals surface area contributed by atoms with Crippen LogP contribution in [0.1, 0.15) is 19.3 Å². The summed E-state index contributed by atoms with van der Waals surface area (Å²) < 4.78 is 36.1. The molecule has 1 aliphatic rings. The minimum absolute atomic E-state index is 0.0804. The number of carbonyl (C=O) groups is 2. The van der Waals surface area contributed by atoms with Crippen LogP contribution in [0.2, 0.25) is 0 Å². The number of carbonyl (C=O) groups excluding carboxylic acids is 2. The molecule has 0 radical (unpaired) electrons. The smallest absolute Gasteiger partial charge is 0.430 e. The summed E-state index contributed by atoms with van der Waals surface area (Å²) in [6, 6.07) is 0.493. The van der Waals surface area contributed by atoms with E-state index in [1.807, 2.05) is 0 Å². The molecular weight excluding hydrogens is 243 g/mol. The highest BCUT2D eigenvalue weighted by Crippen LogP contribution is 2.11. The molecule has 1 atom stereocenters. The average molecular weight is 257 g/mol. The van der Waals surface area contributed by atoms with Crippen LogP contribution in [-0.2, 0) is 14.3 Å². The van der Waals surface area contributed by atoms with Crippen LogP contribution in [0.5, 0.6) is 0 Å². The van der Waals surface area contributed by atoms with Crippen LogP contribution in [0.25, 0.3) is 0 Å². The van der Waals surface area contributed by atoms with Crippen molar-refractivity contribution < 1.29 is 37.9 Å². The molecule has 0 unspecified atom stereocenters. The summed E-state index contributed by atoms with van der Waals surface area (Å²) in [5, 5.41) is 11.0. The fourth-order valence-corrected chi connectivity index (χ4v) is 1.33. The van der Waals surface area contributed by atoms with Crippen molar-refractivity contribution in [1.82, 2.24) is 0 Å². The number of hydrogen-bond donors (Lipinski definition) is 1. The van der Waals surface area contributed by atoms with E-state index in [1.165, 1.54) is 20.1 Å². The number of carboxylic acids is 1. The topological polar surface area (TPSA) is 83.0 Å². The Balaban J connectivity index is 0.000000325. The lowest BCUT2D eigenvalue weighted by molar-refractivity contribution is -0.669. The van der Waals surface area contributed by atoms with Gasteiger partial charge in [-0.1, -0.05) is 0 Å². The summed E-state index contributed by atoms with van der Waals surface area (Å²) in [5.41, 5.74) is 0. The second kappa shape index (κ2) is 7.10. The van der Waals surface area contributed by atoms with Crippen molar-refractivity contribution in [3.8, 4) is 0 Å². The lowest BCUT2D eigenvalue weighted by Crippen LogP contribution is -2.86. The Morgan fingerprint density at radius 1 is 1.47 bits per heavy atom. The maximum absolute atomic E-state index is 10.7. The molecule has 1 fully saturated rings. The standard InChI is InChI=1S/C7H13NO2.C2HF3O2/c1-10-7(9)5-6-3-2-4-8-6;3-2(4,5)1(6)7/h6,8H,2-5H2,1H3;(H,6,7)/t6-;/m0./s1. The second-order valence-corrected chi connectivity index (χ2v) is 3.49. The van der Waals surface area contributed by atoms with Gasteiger partial charge in [-0.2, -0.15) is 13.2 Å². The Labute approximate surface area is 95.9 Å². The van der Waals surface area contributed by atoms with E-state index in [1.54, 1.807) is 0 Å². The van der Waals surface area contributed by atoms with Gasteiger partial charge in [0.05, 0.1) is 26.1 Å². The summed E-state index contributed by atoms with van der Waals surface area (Å²) in [4.78, 5) is 19.5. The molecule has 8 heteroatoms. The van der Waals surface area contributed by atoms with Crippen molar-refractivity contribution in [3.05, 3.63) is 0 Å². The van der Waals surface area contributed by atoms with Gasteiger partial charge in [-0.3, -0.25) is 4.79 Å². The van der Waals surface area contributed by atoms with E-state index >= 15 is 0 Å². The summed E-state index contributed by atoms with van der Waals surface area (Å²) >= 11 is 0. The molecule has 1 rings (SSSR count). The molecular formula is C9H14F3NO4. The fraction of sp³-hybridized carbons (Fsp3) is 0.778.